The quantitative estimate of drug-likeness (QED) is 0.720. The zero-order valence-corrected chi connectivity index (χ0v) is 14.6. The fraction of sp³-hybridized carbons (Fsp3) is 0.316. The Morgan fingerprint density at radius 2 is 1.78 bits per heavy atom. The number of aldehydes is 1. The van der Waals surface area contributed by atoms with E-state index >= 15 is 0 Å². The smallest absolute Gasteiger partial charge is 0.153 e. The molecule has 23 heavy (non-hydrogen) atoms. The molecular weight excluding hydrogens is 312 g/mol. The topological polar surface area (TPSA) is 35.5 Å². The van der Waals surface area contributed by atoms with Crippen molar-refractivity contribution in [3.8, 4) is 11.5 Å². The third kappa shape index (κ3) is 4.26. The number of methoxy groups -OCH3 is 1. The molecule has 2 aromatic carbocycles. The van der Waals surface area contributed by atoms with E-state index in [1.165, 1.54) is 0 Å². The van der Waals surface area contributed by atoms with E-state index in [0.29, 0.717) is 22.9 Å². The van der Waals surface area contributed by atoms with Crippen LogP contribution in [0, 0.1) is 0 Å². The summed E-state index contributed by atoms with van der Waals surface area (Å²) in [6, 6.07) is 11.1. The molecular formula is C19H21ClO3. The Morgan fingerprint density at radius 1 is 1.13 bits per heavy atom. The number of benzene rings is 2. The molecule has 0 heterocycles. The minimum Gasteiger partial charge on any atom is -0.497 e. The number of rotatable bonds is 5. The maximum Gasteiger partial charge on any atom is 0.153 e. The summed E-state index contributed by atoms with van der Waals surface area (Å²) >= 11 is 6.35. The molecule has 3 nitrogen and oxygen atoms in total. The van der Waals surface area contributed by atoms with Gasteiger partial charge in [-0.15, -0.1) is 0 Å². The van der Waals surface area contributed by atoms with Crippen molar-refractivity contribution in [2.24, 2.45) is 0 Å². The Balaban J connectivity index is 2.22. The molecule has 0 aliphatic heterocycles. The first kappa shape index (κ1) is 17.4. The molecule has 0 aliphatic carbocycles. The van der Waals surface area contributed by atoms with E-state index in [9.17, 15) is 4.79 Å². The summed E-state index contributed by atoms with van der Waals surface area (Å²) in [5.41, 5.74) is 2.29. The number of hydrogen-bond donors (Lipinski definition) is 0. The number of carbonyl (C=O) groups excluding carboxylic acids is 1. The van der Waals surface area contributed by atoms with Crippen LogP contribution in [0.5, 0.6) is 11.5 Å². The average molecular weight is 333 g/mol. The summed E-state index contributed by atoms with van der Waals surface area (Å²) in [4.78, 5) is 11.4. The van der Waals surface area contributed by atoms with Gasteiger partial charge in [-0.3, -0.25) is 4.79 Å². The zero-order chi connectivity index (χ0) is 17.0. The molecule has 0 fully saturated rings. The molecule has 0 aromatic heterocycles. The fourth-order valence-corrected chi connectivity index (χ4v) is 2.68. The van der Waals surface area contributed by atoms with Gasteiger partial charge in [0.2, 0.25) is 0 Å². The third-order valence-corrected chi connectivity index (χ3v) is 3.90. The maximum absolute atomic E-state index is 11.4. The molecule has 0 bridgehead atoms. The predicted octanol–water partition coefficient (Wildman–Crippen LogP) is 5.04. The Labute approximate surface area is 142 Å². The second kappa shape index (κ2) is 7.05. The van der Waals surface area contributed by atoms with Crippen molar-refractivity contribution in [3.63, 3.8) is 0 Å². The van der Waals surface area contributed by atoms with Crippen LogP contribution in [-0.4, -0.2) is 13.4 Å². The second-order valence-corrected chi connectivity index (χ2v) is 6.78. The van der Waals surface area contributed by atoms with Crippen LogP contribution >= 0.6 is 11.6 Å². The molecule has 2 aromatic rings. The minimum atomic E-state index is -0.136. The van der Waals surface area contributed by atoms with Gasteiger partial charge in [-0.1, -0.05) is 44.5 Å². The molecule has 0 saturated carbocycles. The predicted molar refractivity (Wildman–Crippen MR) is 92.9 cm³/mol. The van der Waals surface area contributed by atoms with E-state index < -0.39 is 0 Å². The van der Waals surface area contributed by atoms with Gasteiger partial charge in [0, 0.05) is 5.02 Å². The fourth-order valence-electron chi connectivity index (χ4n) is 2.25. The van der Waals surface area contributed by atoms with Crippen molar-refractivity contribution in [1.29, 1.82) is 0 Å². The van der Waals surface area contributed by atoms with Gasteiger partial charge < -0.3 is 9.47 Å². The van der Waals surface area contributed by atoms with Crippen LogP contribution in [0.25, 0.3) is 0 Å². The molecule has 0 aliphatic rings. The lowest BCUT2D eigenvalue weighted by molar-refractivity contribution is 0.111. The molecule has 0 N–H and O–H groups in total. The lowest BCUT2D eigenvalue weighted by Crippen LogP contribution is -2.13. The summed E-state index contributed by atoms with van der Waals surface area (Å²) in [6.07, 6.45) is 0.801. The van der Waals surface area contributed by atoms with Gasteiger partial charge >= 0.3 is 0 Å². The third-order valence-electron chi connectivity index (χ3n) is 3.59. The minimum absolute atomic E-state index is 0.136. The highest BCUT2D eigenvalue weighted by Gasteiger charge is 2.20. The first-order valence-electron chi connectivity index (χ1n) is 7.40. The first-order chi connectivity index (χ1) is 10.8. The Kier molecular flexibility index (Phi) is 5.32. The number of hydrogen-bond acceptors (Lipinski definition) is 3. The van der Waals surface area contributed by atoms with Gasteiger partial charge in [-0.2, -0.15) is 0 Å². The van der Waals surface area contributed by atoms with Crippen molar-refractivity contribution in [2.75, 3.05) is 7.11 Å². The van der Waals surface area contributed by atoms with Crippen molar-refractivity contribution in [2.45, 2.75) is 32.8 Å². The number of ether oxygens (including phenoxy) is 2. The Hall–Kier alpha value is -2.00. The Bertz CT molecular complexity index is 685. The molecule has 0 radical (unpaired) electrons. The van der Waals surface area contributed by atoms with E-state index in [-0.39, 0.29) is 5.41 Å². The van der Waals surface area contributed by atoms with E-state index in [2.05, 4.69) is 20.8 Å². The molecule has 0 atom stereocenters. The van der Waals surface area contributed by atoms with Gasteiger partial charge in [0.15, 0.2) is 6.29 Å². The van der Waals surface area contributed by atoms with E-state index in [1.54, 1.807) is 19.2 Å². The molecule has 0 saturated heterocycles. The summed E-state index contributed by atoms with van der Waals surface area (Å²) in [5.74, 6) is 1.29. The van der Waals surface area contributed by atoms with Crippen LogP contribution in [0.2, 0.25) is 5.02 Å². The normalized spacial score (nSPS) is 11.2. The Morgan fingerprint density at radius 3 is 2.30 bits per heavy atom. The van der Waals surface area contributed by atoms with Gasteiger partial charge in [-0.25, -0.2) is 0 Å². The highest BCUT2D eigenvalue weighted by atomic mass is 35.5. The molecule has 122 valence electrons. The van der Waals surface area contributed by atoms with Crippen LogP contribution < -0.4 is 9.47 Å². The summed E-state index contributed by atoms with van der Waals surface area (Å²) < 4.78 is 10.9. The van der Waals surface area contributed by atoms with Crippen LogP contribution in [0.15, 0.2) is 36.4 Å². The largest absolute Gasteiger partial charge is 0.497 e. The highest BCUT2D eigenvalue weighted by Crippen LogP contribution is 2.34. The van der Waals surface area contributed by atoms with Gasteiger partial charge in [0.05, 0.1) is 12.7 Å². The van der Waals surface area contributed by atoms with Gasteiger partial charge in [0.25, 0.3) is 0 Å². The summed E-state index contributed by atoms with van der Waals surface area (Å²) in [5, 5.41) is 0.604. The standard InChI is InChI=1S/C19H21ClO3/c1-19(2,3)16-9-14(11-21)18(10-17(16)20)23-12-13-5-7-15(22-4)8-6-13/h5-11H,12H2,1-4H3. The molecule has 4 heteroatoms. The van der Waals surface area contributed by atoms with Crippen molar-refractivity contribution < 1.29 is 14.3 Å². The van der Waals surface area contributed by atoms with Crippen LogP contribution in [-0.2, 0) is 12.0 Å². The van der Waals surface area contributed by atoms with Crippen LogP contribution in [0.1, 0.15) is 42.3 Å². The van der Waals surface area contributed by atoms with E-state index in [4.69, 9.17) is 21.1 Å². The summed E-state index contributed by atoms with van der Waals surface area (Å²) in [6.45, 7) is 6.53. The van der Waals surface area contributed by atoms with Crippen LogP contribution in [0.4, 0.5) is 0 Å². The van der Waals surface area contributed by atoms with E-state index in [1.807, 2.05) is 24.3 Å². The molecule has 0 amide bonds. The van der Waals surface area contributed by atoms with Crippen molar-refractivity contribution in [3.05, 3.63) is 58.1 Å². The SMILES string of the molecule is COc1ccc(COc2cc(Cl)c(C(C)(C)C)cc2C=O)cc1. The highest BCUT2D eigenvalue weighted by molar-refractivity contribution is 6.31. The lowest BCUT2D eigenvalue weighted by atomic mass is 9.86. The molecule has 2 rings (SSSR count). The van der Waals surface area contributed by atoms with E-state index in [0.717, 1.165) is 23.2 Å². The number of halogens is 1. The molecule has 0 spiro atoms. The average Bonchev–Trinajstić information content (AvgIpc) is 2.52. The first-order valence-corrected chi connectivity index (χ1v) is 7.78. The number of carbonyl (C=O) groups is 1. The molecule has 0 unspecified atom stereocenters. The van der Waals surface area contributed by atoms with Gasteiger partial charge in [-0.05, 0) is 40.8 Å². The van der Waals surface area contributed by atoms with Crippen molar-refractivity contribution >= 4 is 17.9 Å². The monoisotopic (exact) mass is 332 g/mol. The maximum atomic E-state index is 11.4. The second-order valence-electron chi connectivity index (χ2n) is 6.37. The van der Waals surface area contributed by atoms with Crippen LogP contribution in [0.3, 0.4) is 0 Å². The van der Waals surface area contributed by atoms with Crippen molar-refractivity contribution in [1.82, 2.24) is 0 Å². The van der Waals surface area contributed by atoms with Gasteiger partial charge in [0.1, 0.15) is 18.1 Å². The zero-order valence-electron chi connectivity index (χ0n) is 13.9. The lowest BCUT2D eigenvalue weighted by Gasteiger charge is -2.22. The summed E-state index contributed by atoms with van der Waals surface area (Å²) in [7, 11) is 1.63.